The molecule has 0 saturated heterocycles. The molecule has 0 saturated carbocycles. The molecule has 2 rings (SSSR count). The number of aliphatic carboxylic acids is 1. The molecule has 7 nitrogen and oxygen atoms in total. The zero-order chi connectivity index (χ0) is 17.2. The summed E-state index contributed by atoms with van der Waals surface area (Å²) in [7, 11) is -4.07. The second-order valence-electron chi connectivity index (χ2n) is 4.48. The zero-order valence-electron chi connectivity index (χ0n) is 11.5. The van der Waals surface area contributed by atoms with Crippen LogP contribution in [0.5, 0.6) is 0 Å². The largest absolute Gasteiger partial charge is 0.475 e. The Morgan fingerprint density at radius 1 is 1.09 bits per heavy atom. The van der Waals surface area contributed by atoms with Crippen molar-refractivity contribution in [3.8, 4) is 0 Å². The Kier molecular flexibility index (Phi) is 4.67. The maximum absolute atomic E-state index is 12.5. The molecule has 9 heteroatoms. The summed E-state index contributed by atoms with van der Waals surface area (Å²) >= 11 is 5.71. The first-order valence-electron chi connectivity index (χ1n) is 6.21. The SMILES string of the molecule is O=C(O)C(=O)CC(=O)c1cccn1S(=O)(=O)c1ccc(Cl)cc1. The van der Waals surface area contributed by atoms with Gasteiger partial charge in [0.2, 0.25) is 5.78 Å². The number of halogens is 1. The van der Waals surface area contributed by atoms with Crippen LogP contribution in [0.3, 0.4) is 0 Å². The lowest BCUT2D eigenvalue weighted by molar-refractivity contribution is -0.148. The molecule has 0 spiro atoms. The number of carboxylic acids is 1. The number of benzene rings is 1. The third-order valence-electron chi connectivity index (χ3n) is 2.93. The Labute approximate surface area is 136 Å². The molecule has 0 bridgehead atoms. The summed E-state index contributed by atoms with van der Waals surface area (Å²) in [4.78, 5) is 33.5. The molecule has 0 amide bonds. The summed E-state index contributed by atoms with van der Waals surface area (Å²) in [5, 5.41) is 8.87. The van der Waals surface area contributed by atoms with Crippen LogP contribution in [0.2, 0.25) is 5.02 Å². The van der Waals surface area contributed by atoms with Crippen molar-refractivity contribution in [3.05, 3.63) is 53.3 Å². The number of carbonyl (C=O) groups excluding carboxylic acids is 2. The van der Waals surface area contributed by atoms with Gasteiger partial charge in [0.15, 0.2) is 5.78 Å². The number of Topliss-reactive ketones (excluding diaryl/α,β-unsaturated/α-hetero) is 2. The molecular formula is C14H10ClNO6S. The van der Waals surface area contributed by atoms with Gasteiger partial charge in [-0.15, -0.1) is 0 Å². The van der Waals surface area contributed by atoms with E-state index >= 15 is 0 Å². The van der Waals surface area contributed by atoms with E-state index < -0.39 is 34.0 Å². The summed E-state index contributed by atoms with van der Waals surface area (Å²) in [6.45, 7) is 0. The van der Waals surface area contributed by atoms with Gasteiger partial charge in [0.25, 0.3) is 10.0 Å². The Morgan fingerprint density at radius 3 is 2.26 bits per heavy atom. The van der Waals surface area contributed by atoms with Crippen LogP contribution in [-0.4, -0.2) is 35.0 Å². The molecule has 1 aromatic heterocycles. The standard InChI is InChI=1S/C14H10ClNO6S/c15-9-3-5-10(6-4-9)23(21,22)16-7-1-2-11(16)12(17)8-13(18)14(19)20/h1-7H,8H2,(H,19,20). The maximum Gasteiger partial charge on any atom is 0.372 e. The minimum absolute atomic E-state index is 0.100. The van der Waals surface area contributed by atoms with Crippen LogP contribution in [0.1, 0.15) is 16.9 Å². The van der Waals surface area contributed by atoms with Crippen LogP contribution in [0, 0.1) is 0 Å². The van der Waals surface area contributed by atoms with Crippen LogP contribution in [-0.2, 0) is 19.6 Å². The molecule has 1 aromatic carbocycles. The molecular weight excluding hydrogens is 346 g/mol. The van der Waals surface area contributed by atoms with E-state index in [4.69, 9.17) is 16.7 Å². The monoisotopic (exact) mass is 355 g/mol. The fourth-order valence-electron chi connectivity index (χ4n) is 1.82. The molecule has 0 fully saturated rings. The van der Waals surface area contributed by atoms with Crippen LogP contribution in [0.4, 0.5) is 0 Å². The molecule has 23 heavy (non-hydrogen) atoms. The predicted molar refractivity (Wildman–Crippen MR) is 80.1 cm³/mol. The third kappa shape index (κ3) is 3.49. The van der Waals surface area contributed by atoms with Crippen molar-refractivity contribution in [2.24, 2.45) is 0 Å². The van der Waals surface area contributed by atoms with Crippen molar-refractivity contribution < 1.29 is 27.9 Å². The van der Waals surface area contributed by atoms with Gasteiger partial charge in [0, 0.05) is 11.2 Å². The summed E-state index contributed by atoms with van der Waals surface area (Å²) in [6, 6.07) is 7.82. The smallest absolute Gasteiger partial charge is 0.372 e. The molecule has 0 atom stereocenters. The van der Waals surface area contributed by atoms with E-state index in [9.17, 15) is 22.8 Å². The van der Waals surface area contributed by atoms with Crippen molar-refractivity contribution in [1.82, 2.24) is 3.97 Å². The minimum Gasteiger partial charge on any atom is -0.475 e. The highest BCUT2D eigenvalue weighted by molar-refractivity contribution is 7.90. The van der Waals surface area contributed by atoms with Crippen LogP contribution >= 0.6 is 11.6 Å². The zero-order valence-corrected chi connectivity index (χ0v) is 13.0. The van der Waals surface area contributed by atoms with E-state index in [2.05, 4.69) is 0 Å². The van der Waals surface area contributed by atoms with E-state index in [1.54, 1.807) is 0 Å². The summed E-state index contributed by atoms with van der Waals surface area (Å²) < 4.78 is 25.7. The Balaban J connectivity index is 2.40. The van der Waals surface area contributed by atoms with Gasteiger partial charge in [0.05, 0.1) is 11.3 Å². The molecule has 0 radical (unpaired) electrons. The highest BCUT2D eigenvalue weighted by Gasteiger charge is 2.25. The number of carboxylic acid groups (broad SMARTS) is 1. The van der Waals surface area contributed by atoms with Crippen molar-refractivity contribution >= 4 is 39.2 Å². The van der Waals surface area contributed by atoms with Gasteiger partial charge in [-0.2, -0.15) is 0 Å². The summed E-state index contributed by atoms with van der Waals surface area (Å²) in [5.74, 6) is -3.97. The molecule has 0 aliphatic carbocycles. The van der Waals surface area contributed by atoms with Gasteiger partial charge in [-0.25, -0.2) is 17.2 Å². The topological polar surface area (TPSA) is 111 Å². The van der Waals surface area contributed by atoms with Gasteiger partial charge in [-0.3, -0.25) is 9.59 Å². The van der Waals surface area contributed by atoms with Gasteiger partial charge in [0.1, 0.15) is 5.69 Å². The van der Waals surface area contributed by atoms with Crippen LogP contribution in [0.15, 0.2) is 47.5 Å². The van der Waals surface area contributed by atoms with E-state index in [0.717, 1.165) is 6.20 Å². The minimum atomic E-state index is -4.07. The number of nitrogens with zero attached hydrogens (tertiary/aromatic N) is 1. The van der Waals surface area contributed by atoms with E-state index in [0.29, 0.717) is 9.00 Å². The van der Waals surface area contributed by atoms with Gasteiger partial charge in [-0.1, -0.05) is 11.6 Å². The van der Waals surface area contributed by atoms with Gasteiger partial charge < -0.3 is 5.11 Å². The third-order valence-corrected chi connectivity index (χ3v) is 4.88. The van der Waals surface area contributed by atoms with E-state index in [-0.39, 0.29) is 10.6 Å². The predicted octanol–water partition coefficient (Wildman–Crippen LogP) is 1.61. The molecule has 2 aromatic rings. The summed E-state index contributed by atoms with van der Waals surface area (Å²) in [6.07, 6.45) is 0.220. The quantitative estimate of drug-likeness (QED) is 0.478. The number of carbonyl (C=O) groups is 3. The second kappa shape index (κ2) is 6.35. The van der Waals surface area contributed by atoms with Crippen molar-refractivity contribution in [1.29, 1.82) is 0 Å². The van der Waals surface area contributed by atoms with Crippen molar-refractivity contribution in [3.63, 3.8) is 0 Å². The Hall–Kier alpha value is -2.45. The fraction of sp³-hybridized carbons (Fsp3) is 0.0714. The molecule has 1 N–H and O–H groups in total. The first kappa shape index (κ1) is 16.9. The molecule has 0 aliphatic rings. The molecule has 0 unspecified atom stereocenters. The second-order valence-corrected chi connectivity index (χ2v) is 6.73. The van der Waals surface area contributed by atoms with Crippen molar-refractivity contribution in [2.45, 2.75) is 11.3 Å². The van der Waals surface area contributed by atoms with E-state index in [1.165, 1.54) is 36.4 Å². The number of ketones is 2. The van der Waals surface area contributed by atoms with E-state index in [1.807, 2.05) is 0 Å². The van der Waals surface area contributed by atoms with Crippen LogP contribution < -0.4 is 0 Å². The number of rotatable bonds is 6. The van der Waals surface area contributed by atoms with Crippen molar-refractivity contribution in [2.75, 3.05) is 0 Å². The Bertz CT molecular complexity index is 882. The van der Waals surface area contributed by atoms with Crippen LogP contribution in [0.25, 0.3) is 0 Å². The normalized spacial score (nSPS) is 11.2. The Morgan fingerprint density at radius 2 is 1.70 bits per heavy atom. The number of hydrogen-bond acceptors (Lipinski definition) is 5. The number of aromatic nitrogens is 1. The number of hydrogen-bond donors (Lipinski definition) is 1. The average molecular weight is 356 g/mol. The highest BCUT2D eigenvalue weighted by Crippen LogP contribution is 2.19. The average Bonchev–Trinajstić information content (AvgIpc) is 2.97. The maximum atomic E-state index is 12.5. The van der Waals surface area contributed by atoms with Gasteiger partial charge in [-0.05, 0) is 36.4 Å². The summed E-state index contributed by atoms with van der Waals surface area (Å²) in [5.41, 5.74) is -0.297. The van der Waals surface area contributed by atoms with Gasteiger partial charge >= 0.3 is 5.97 Å². The molecule has 1 heterocycles. The lowest BCUT2D eigenvalue weighted by Crippen LogP contribution is -2.22. The molecule has 120 valence electrons. The fourth-order valence-corrected chi connectivity index (χ4v) is 3.31. The molecule has 0 aliphatic heterocycles. The first-order valence-corrected chi connectivity index (χ1v) is 8.03. The first-order chi connectivity index (χ1) is 10.7. The lowest BCUT2D eigenvalue weighted by Gasteiger charge is -2.09. The highest BCUT2D eigenvalue weighted by atomic mass is 35.5. The lowest BCUT2D eigenvalue weighted by atomic mass is 10.1.